The van der Waals surface area contributed by atoms with Crippen LogP contribution in [-0.4, -0.2) is 36.7 Å². The van der Waals surface area contributed by atoms with Crippen LogP contribution in [0.4, 0.5) is 5.82 Å². The molecule has 0 fully saturated rings. The molecule has 6 nitrogen and oxygen atoms in total. The topological polar surface area (TPSA) is 97.1 Å². The Morgan fingerprint density at radius 3 is 2.68 bits per heavy atom. The predicted octanol–water partition coefficient (Wildman–Crippen LogP) is 0.455. The third-order valence-electron chi connectivity index (χ3n) is 2.23. The van der Waals surface area contributed by atoms with Gasteiger partial charge in [-0.15, -0.1) is 0 Å². The molecule has 0 spiro atoms. The molecule has 0 aliphatic rings. The van der Waals surface area contributed by atoms with Crippen molar-refractivity contribution >= 4 is 33.0 Å². The lowest BCUT2D eigenvalue weighted by Crippen LogP contribution is -2.48. The summed E-state index contributed by atoms with van der Waals surface area (Å²) in [6, 6.07) is 3.49. The lowest BCUT2D eigenvalue weighted by molar-refractivity contribution is 0.476. The molecule has 106 valence electrons. The molecule has 1 heterocycles. The number of aromatic nitrogens is 1. The number of hydrogen-bond donors (Lipinski definition) is 3. The molecule has 0 unspecified atom stereocenters. The highest BCUT2D eigenvalue weighted by molar-refractivity contribution is 7.88. The number of nitrogens with two attached hydrogens (primary N) is 1. The van der Waals surface area contributed by atoms with Gasteiger partial charge in [0.25, 0.3) is 0 Å². The molecule has 0 aliphatic heterocycles. The number of hydrogen-bond acceptors (Lipinski definition) is 5. The summed E-state index contributed by atoms with van der Waals surface area (Å²) in [5.74, 6) is 0.540. The molecular weight excluding hydrogens is 284 g/mol. The van der Waals surface area contributed by atoms with E-state index in [1.54, 1.807) is 32.2 Å². The second kappa shape index (κ2) is 5.81. The van der Waals surface area contributed by atoms with Gasteiger partial charge in [0.05, 0.1) is 11.8 Å². The van der Waals surface area contributed by atoms with E-state index >= 15 is 0 Å². The summed E-state index contributed by atoms with van der Waals surface area (Å²) in [6.07, 6.45) is 2.73. The van der Waals surface area contributed by atoms with Crippen molar-refractivity contribution in [1.29, 1.82) is 0 Å². The van der Waals surface area contributed by atoms with Crippen LogP contribution in [0.1, 0.15) is 19.4 Å². The standard InChI is InChI=1S/C11H18N4O2S2/c1-11(2,15-19(3,16)17)7-14-10-8(9(12)18)5-4-6-13-10/h4-6,15H,7H2,1-3H3,(H2,12,18)(H,13,14). The molecule has 0 saturated carbocycles. The van der Waals surface area contributed by atoms with Gasteiger partial charge in [0, 0.05) is 18.3 Å². The fraction of sp³-hybridized carbons (Fsp3) is 0.455. The number of nitrogens with one attached hydrogen (secondary N) is 2. The molecule has 1 rings (SSSR count). The highest BCUT2D eigenvalue weighted by Crippen LogP contribution is 2.13. The molecule has 4 N–H and O–H groups in total. The first-order valence-corrected chi connectivity index (χ1v) is 7.88. The summed E-state index contributed by atoms with van der Waals surface area (Å²) in [5.41, 5.74) is 5.57. The average molecular weight is 302 g/mol. The van der Waals surface area contributed by atoms with Gasteiger partial charge in [-0.3, -0.25) is 0 Å². The SMILES string of the molecule is CC(C)(CNc1ncccc1C(N)=S)NS(C)(=O)=O. The first-order chi connectivity index (χ1) is 8.61. The molecule has 8 heteroatoms. The van der Waals surface area contributed by atoms with Crippen LogP contribution in [0.15, 0.2) is 18.3 Å². The Kier molecular flexibility index (Phi) is 4.83. The number of nitrogens with zero attached hydrogens (tertiary/aromatic N) is 1. The molecule has 0 amide bonds. The molecule has 19 heavy (non-hydrogen) atoms. The molecule has 0 aliphatic carbocycles. The van der Waals surface area contributed by atoms with Gasteiger partial charge in [-0.05, 0) is 26.0 Å². The van der Waals surface area contributed by atoms with Gasteiger partial charge < -0.3 is 11.1 Å². The molecule has 1 aromatic heterocycles. The van der Waals surface area contributed by atoms with Gasteiger partial charge in [0.1, 0.15) is 10.8 Å². The number of sulfonamides is 1. The molecular formula is C11H18N4O2S2. The quantitative estimate of drug-likeness (QED) is 0.660. The maximum Gasteiger partial charge on any atom is 0.209 e. The van der Waals surface area contributed by atoms with Gasteiger partial charge in [-0.25, -0.2) is 18.1 Å². The van der Waals surface area contributed by atoms with E-state index < -0.39 is 15.6 Å². The van der Waals surface area contributed by atoms with E-state index in [9.17, 15) is 8.42 Å². The van der Waals surface area contributed by atoms with Gasteiger partial charge >= 0.3 is 0 Å². The monoisotopic (exact) mass is 302 g/mol. The zero-order chi connectivity index (χ0) is 14.7. The molecule has 0 aromatic carbocycles. The highest BCUT2D eigenvalue weighted by Gasteiger charge is 2.22. The summed E-state index contributed by atoms with van der Waals surface area (Å²) in [4.78, 5) is 4.38. The van der Waals surface area contributed by atoms with Crippen LogP contribution < -0.4 is 15.8 Å². The minimum atomic E-state index is -3.27. The van der Waals surface area contributed by atoms with Crippen LogP contribution in [0, 0.1) is 0 Å². The Hall–Kier alpha value is -1.25. The highest BCUT2D eigenvalue weighted by atomic mass is 32.2. The normalized spacial score (nSPS) is 12.2. The fourth-order valence-electron chi connectivity index (χ4n) is 1.59. The summed E-state index contributed by atoms with van der Waals surface area (Å²) >= 11 is 4.93. The van der Waals surface area contributed by atoms with E-state index in [1.807, 2.05) is 0 Å². The van der Waals surface area contributed by atoms with E-state index in [0.717, 1.165) is 6.26 Å². The van der Waals surface area contributed by atoms with Crippen molar-refractivity contribution < 1.29 is 8.42 Å². The Morgan fingerprint density at radius 1 is 1.53 bits per heavy atom. The van der Waals surface area contributed by atoms with Crippen molar-refractivity contribution in [2.45, 2.75) is 19.4 Å². The number of rotatable bonds is 6. The largest absolute Gasteiger partial charge is 0.389 e. The predicted molar refractivity (Wildman–Crippen MR) is 80.7 cm³/mol. The van der Waals surface area contributed by atoms with Crippen molar-refractivity contribution in [1.82, 2.24) is 9.71 Å². The number of anilines is 1. The van der Waals surface area contributed by atoms with Crippen molar-refractivity contribution in [3.8, 4) is 0 Å². The van der Waals surface area contributed by atoms with E-state index in [0.29, 0.717) is 17.9 Å². The smallest absolute Gasteiger partial charge is 0.209 e. The van der Waals surface area contributed by atoms with Crippen LogP contribution in [-0.2, 0) is 10.0 Å². The molecule has 0 atom stereocenters. The molecule has 1 aromatic rings. The number of pyridine rings is 1. The second-order valence-electron chi connectivity index (χ2n) is 4.88. The van der Waals surface area contributed by atoms with E-state index in [4.69, 9.17) is 18.0 Å². The minimum Gasteiger partial charge on any atom is -0.389 e. The summed E-state index contributed by atoms with van der Waals surface area (Å²) in [7, 11) is -3.27. The zero-order valence-corrected chi connectivity index (χ0v) is 12.7. The number of thiocarbonyl (C=S) groups is 1. The first kappa shape index (κ1) is 15.8. The van der Waals surface area contributed by atoms with Gasteiger partial charge in [-0.1, -0.05) is 12.2 Å². The van der Waals surface area contributed by atoms with Crippen LogP contribution >= 0.6 is 12.2 Å². The van der Waals surface area contributed by atoms with Crippen molar-refractivity contribution in [2.24, 2.45) is 5.73 Å². The third-order valence-corrected chi connectivity index (χ3v) is 3.38. The van der Waals surface area contributed by atoms with Crippen molar-refractivity contribution in [3.63, 3.8) is 0 Å². The van der Waals surface area contributed by atoms with Gasteiger partial charge in [-0.2, -0.15) is 0 Å². The first-order valence-electron chi connectivity index (χ1n) is 5.58. The van der Waals surface area contributed by atoms with Crippen molar-refractivity contribution in [3.05, 3.63) is 23.9 Å². The van der Waals surface area contributed by atoms with E-state index in [1.165, 1.54) is 0 Å². The maximum absolute atomic E-state index is 11.2. The molecule has 0 bridgehead atoms. The van der Waals surface area contributed by atoms with Crippen LogP contribution in [0.5, 0.6) is 0 Å². The van der Waals surface area contributed by atoms with Crippen LogP contribution in [0.25, 0.3) is 0 Å². The third kappa shape index (κ3) is 5.50. The minimum absolute atomic E-state index is 0.240. The zero-order valence-electron chi connectivity index (χ0n) is 11.1. The van der Waals surface area contributed by atoms with Crippen LogP contribution in [0.2, 0.25) is 0 Å². The van der Waals surface area contributed by atoms with Gasteiger partial charge in [0.2, 0.25) is 10.0 Å². The summed E-state index contributed by atoms with van der Waals surface area (Å²) < 4.78 is 25.0. The maximum atomic E-state index is 11.2. The van der Waals surface area contributed by atoms with E-state index in [-0.39, 0.29) is 4.99 Å². The average Bonchev–Trinajstić information content (AvgIpc) is 2.23. The molecule has 0 radical (unpaired) electrons. The molecule has 0 saturated heterocycles. The Morgan fingerprint density at radius 2 is 2.16 bits per heavy atom. The summed E-state index contributed by atoms with van der Waals surface area (Å²) in [5, 5.41) is 3.05. The Bertz CT molecular complexity index is 570. The van der Waals surface area contributed by atoms with E-state index in [2.05, 4.69) is 15.0 Å². The van der Waals surface area contributed by atoms with Crippen molar-refractivity contribution in [2.75, 3.05) is 18.1 Å². The summed E-state index contributed by atoms with van der Waals surface area (Å²) in [6.45, 7) is 3.89. The fourth-order valence-corrected chi connectivity index (χ4v) is 2.83. The lowest BCUT2D eigenvalue weighted by atomic mass is 10.1. The Balaban J connectivity index is 2.80. The second-order valence-corrected chi connectivity index (χ2v) is 7.06. The van der Waals surface area contributed by atoms with Gasteiger partial charge in [0.15, 0.2) is 0 Å². The Labute approximate surface area is 118 Å². The van der Waals surface area contributed by atoms with Crippen LogP contribution in [0.3, 0.4) is 0 Å². The lowest BCUT2D eigenvalue weighted by Gasteiger charge is -2.26.